The molecule has 2 aromatic carbocycles. The summed E-state index contributed by atoms with van der Waals surface area (Å²) < 4.78 is 3.96. The lowest BCUT2D eigenvalue weighted by Crippen LogP contribution is -2.53. The van der Waals surface area contributed by atoms with Crippen LogP contribution >= 0.6 is 23.4 Å². The number of rotatable bonds is 8. The number of amides is 3. The van der Waals surface area contributed by atoms with Crippen molar-refractivity contribution in [2.45, 2.75) is 42.2 Å². The zero-order chi connectivity index (χ0) is 30.4. The van der Waals surface area contributed by atoms with Crippen molar-refractivity contribution in [1.29, 1.82) is 0 Å². The van der Waals surface area contributed by atoms with Crippen LogP contribution in [0.5, 0.6) is 5.75 Å². The molecule has 4 aliphatic heterocycles. The number of fused-ring (bicyclic) bond motifs is 2. The predicted molar refractivity (Wildman–Crippen MR) is 170 cm³/mol. The van der Waals surface area contributed by atoms with Gasteiger partial charge in [0.2, 0.25) is 11.8 Å². The number of hydrogen-bond donors (Lipinski definition) is 1. The second-order valence-electron chi connectivity index (χ2n) is 11.6. The van der Waals surface area contributed by atoms with Gasteiger partial charge in [0.25, 0.3) is 5.91 Å². The molecular formula is C33H36ClN3O5S. The lowest BCUT2D eigenvalue weighted by Gasteiger charge is -2.37. The molecule has 2 aromatic rings. The van der Waals surface area contributed by atoms with E-state index in [9.17, 15) is 19.5 Å². The molecule has 43 heavy (non-hydrogen) atoms. The molecule has 0 saturated carbocycles. The Kier molecular flexibility index (Phi) is 8.08. The molecule has 2 fully saturated rings. The molecule has 1 spiro atoms. The van der Waals surface area contributed by atoms with Crippen molar-refractivity contribution in [2.24, 2.45) is 11.8 Å². The van der Waals surface area contributed by atoms with Gasteiger partial charge in [-0.25, -0.2) is 0 Å². The van der Waals surface area contributed by atoms with E-state index >= 15 is 0 Å². The van der Waals surface area contributed by atoms with Crippen LogP contribution in [0.1, 0.15) is 26.7 Å². The number of carbonyl (C=O) groups is 3. The summed E-state index contributed by atoms with van der Waals surface area (Å²) in [6.45, 7) is 5.54. The van der Waals surface area contributed by atoms with Gasteiger partial charge in [0, 0.05) is 47.4 Å². The van der Waals surface area contributed by atoms with Crippen LogP contribution in [0, 0.1) is 11.8 Å². The molecule has 6 rings (SSSR count). The van der Waals surface area contributed by atoms with Gasteiger partial charge in [0.15, 0.2) is 0 Å². The third-order valence-electron chi connectivity index (χ3n) is 8.96. The molecule has 1 unspecified atom stereocenters. The van der Waals surface area contributed by atoms with Crippen molar-refractivity contribution in [1.82, 2.24) is 4.90 Å². The highest BCUT2D eigenvalue weighted by Gasteiger charge is 2.73. The fourth-order valence-corrected chi connectivity index (χ4v) is 9.41. The summed E-state index contributed by atoms with van der Waals surface area (Å²) in [6.07, 6.45) is 9.11. The van der Waals surface area contributed by atoms with E-state index < -0.39 is 27.4 Å². The predicted octanol–water partition coefficient (Wildman–Crippen LogP) is 4.70. The molecule has 8 nitrogen and oxygen atoms in total. The first-order chi connectivity index (χ1) is 20.7. The molecule has 1 N–H and O–H groups in total. The number of nitrogens with zero attached hydrogens (tertiary/aromatic N) is 3. The van der Waals surface area contributed by atoms with E-state index in [1.165, 1.54) is 0 Å². The standard InChI is InChI=1S/C33H36ClN3O5S/c1-3-42-25-14-12-24(13-15-25)35-19-6-16-32(2)26(29(35)39)27-30(40)37(18-4-5-21-38)28-31(41)36(20-7-17-33(27,28)43-32)23-10-8-22(34)9-11-23/h6-17,26-28,38H,3-5,18-21H2,1-2H3/t26-,27-,28?,32+,33-/m0/s1. The Morgan fingerprint density at radius 2 is 1.51 bits per heavy atom. The summed E-state index contributed by atoms with van der Waals surface area (Å²) in [5, 5.41) is 10.0. The highest BCUT2D eigenvalue weighted by molar-refractivity contribution is 8.02. The topological polar surface area (TPSA) is 90.4 Å². The Hall–Kier alpha value is -3.27. The molecule has 0 bridgehead atoms. The minimum atomic E-state index is -0.935. The molecule has 2 saturated heterocycles. The van der Waals surface area contributed by atoms with Crippen molar-refractivity contribution in [3.05, 3.63) is 77.9 Å². The van der Waals surface area contributed by atoms with Crippen LogP contribution in [0.4, 0.5) is 11.4 Å². The van der Waals surface area contributed by atoms with Gasteiger partial charge >= 0.3 is 0 Å². The van der Waals surface area contributed by atoms with Crippen LogP contribution in [-0.2, 0) is 14.4 Å². The molecule has 0 aromatic heterocycles. The second-order valence-corrected chi connectivity index (χ2v) is 13.8. The van der Waals surface area contributed by atoms with Gasteiger partial charge in [-0.05, 0) is 75.2 Å². The lowest BCUT2D eigenvalue weighted by atomic mass is 9.74. The summed E-state index contributed by atoms with van der Waals surface area (Å²) in [5.41, 5.74) is 1.43. The first-order valence-electron chi connectivity index (χ1n) is 14.8. The Labute approximate surface area is 261 Å². The third kappa shape index (κ3) is 4.95. The van der Waals surface area contributed by atoms with E-state index in [0.717, 1.165) is 11.4 Å². The molecule has 4 aliphatic rings. The average Bonchev–Trinajstić information content (AvgIpc) is 3.25. The van der Waals surface area contributed by atoms with E-state index in [-0.39, 0.29) is 24.3 Å². The van der Waals surface area contributed by atoms with Crippen molar-refractivity contribution in [3.63, 3.8) is 0 Å². The largest absolute Gasteiger partial charge is 0.494 e. The van der Waals surface area contributed by atoms with Crippen molar-refractivity contribution in [2.75, 3.05) is 42.6 Å². The van der Waals surface area contributed by atoms with Gasteiger partial charge in [-0.15, -0.1) is 11.8 Å². The molecular weight excluding hydrogens is 586 g/mol. The lowest BCUT2D eigenvalue weighted by molar-refractivity contribution is -0.139. The molecule has 5 atom stereocenters. The molecule has 4 heterocycles. The number of anilines is 2. The van der Waals surface area contributed by atoms with Crippen LogP contribution in [0.25, 0.3) is 0 Å². The molecule has 10 heteroatoms. The fourth-order valence-electron chi connectivity index (χ4n) is 7.13. The number of likely N-dealkylation sites (tertiary alicyclic amines) is 1. The first-order valence-corrected chi connectivity index (χ1v) is 16.0. The van der Waals surface area contributed by atoms with E-state index in [2.05, 4.69) is 6.08 Å². The number of hydrogen-bond acceptors (Lipinski definition) is 6. The van der Waals surface area contributed by atoms with Crippen molar-refractivity contribution < 1.29 is 24.2 Å². The number of carbonyl (C=O) groups excluding carboxylic acids is 3. The molecule has 3 amide bonds. The Morgan fingerprint density at radius 3 is 2.16 bits per heavy atom. The zero-order valence-electron chi connectivity index (χ0n) is 24.3. The number of thioether (sulfide) groups is 1. The van der Waals surface area contributed by atoms with E-state index in [4.69, 9.17) is 16.3 Å². The number of halogens is 1. The summed E-state index contributed by atoms with van der Waals surface area (Å²) in [4.78, 5) is 48.7. The van der Waals surface area contributed by atoms with Crippen molar-refractivity contribution >= 4 is 52.5 Å². The minimum Gasteiger partial charge on any atom is -0.494 e. The summed E-state index contributed by atoms with van der Waals surface area (Å²) in [6, 6.07) is 13.8. The quantitative estimate of drug-likeness (QED) is 0.339. The summed E-state index contributed by atoms with van der Waals surface area (Å²) in [5.74, 6) is -1.18. The van der Waals surface area contributed by atoms with Gasteiger partial charge in [0.1, 0.15) is 11.8 Å². The molecule has 0 aliphatic carbocycles. The van der Waals surface area contributed by atoms with Crippen LogP contribution in [0.3, 0.4) is 0 Å². The Bertz CT molecular complexity index is 1460. The fraction of sp³-hybridized carbons (Fsp3) is 0.424. The maximum atomic E-state index is 14.6. The van der Waals surface area contributed by atoms with Gasteiger partial charge in [-0.3, -0.25) is 14.4 Å². The van der Waals surface area contributed by atoms with Gasteiger partial charge in [0.05, 0.1) is 23.2 Å². The molecule has 226 valence electrons. The maximum Gasteiger partial charge on any atom is 0.251 e. The normalized spacial score (nSPS) is 29.8. The second kappa shape index (κ2) is 11.7. The van der Waals surface area contributed by atoms with Crippen molar-refractivity contribution in [3.8, 4) is 5.75 Å². The summed E-state index contributed by atoms with van der Waals surface area (Å²) in [7, 11) is 0. The third-order valence-corrected chi connectivity index (χ3v) is 11.0. The van der Waals surface area contributed by atoms with E-state index in [1.807, 2.05) is 68.5 Å². The Balaban J connectivity index is 1.42. The number of unbranched alkanes of at least 4 members (excludes halogenated alkanes) is 1. The van der Waals surface area contributed by atoms with Crippen LogP contribution in [0.15, 0.2) is 72.8 Å². The highest BCUT2D eigenvalue weighted by Crippen LogP contribution is 2.65. The van der Waals surface area contributed by atoms with E-state index in [0.29, 0.717) is 49.8 Å². The number of benzene rings is 2. The minimum absolute atomic E-state index is 0.00178. The van der Waals surface area contributed by atoms with Gasteiger partial charge < -0.3 is 24.5 Å². The molecule has 0 radical (unpaired) electrons. The van der Waals surface area contributed by atoms with Crippen LogP contribution in [0.2, 0.25) is 5.02 Å². The SMILES string of the molecule is CCOc1ccc(N2CC=C[C@@]3(C)S[C@]45C=CCN(c6ccc(Cl)cc6)C(=O)C4N(CCCCO)C(=O)[C@@H]5[C@H]3C2=O)cc1. The van der Waals surface area contributed by atoms with Crippen LogP contribution < -0.4 is 14.5 Å². The number of ether oxygens (including phenoxy) is 1. The first kappa shape index (κ1) is 29.8. The summed E-state index contributed by atoms with van der Waals surface area (Å²) >= 11 is 7.71. The number of aliphatic hydroxyl groups excluding tert-OH is 1. The zero-order valence-corrected chi connectivity index (χ0v) is 25.9. The maximum absolute atomic E-state index is 14.6. The Morgan fingerprint density at radius 1 is 0.884 bits per heavy atom. The highest BCUT2D eigenvalue weighted by atomic mass is 35.5. The van der Waals surface area contributed by atoms with Gasteiger partial charge in [-0.1, -0.05) is 35.9 Å². The smallest absolute Gasteiger partial charge is 0.251 e. The number of aliphatic hydroxyl groups is 1. The monoisotopic (exact) mass is 621 g/mol. The average molecular weight is 622 g/mol. The van der Waals surface area contributed by atoms with Gasteiger partial charge in [-0.2, -0.15) is 0 Å². The van der Waals surface area contributed by atoms with Crippen LogP contribution in [-0.4, -0.2) is 76.1 Å². The van der Waals surface area contributed by atoms with E-state index in [1.54, 1.807) is 38.6 Å².